The lowest BCUT2D eigenvalue weighted by Crippen LogP contribution is -2.25. The van der Waals surface area contributed by atoms with Gasteiger partial charge in [0.05, 0.1) is 17.9 Å². The minimum atomic E-state index is -4.57. The number of halogens is 10. The van der Waals surface area contributed by atoms with E-state index in [1.807, 2.05) is 0 Å². The summed E-state index contributed by atoms with van der Waals surface area (Å²) in [5.74, 6) is -5.02. The van der Waals surface area contributed by atoms with Gasteiger partial charge in [-0.3, -0.25) is 9.59 Å². The van der Waals surface area contributed by atoms with Crippen LogP contribution in [0.2, 0.25) is 5.02 Å². The predicted octanol–water partition coefficient (Wildman–Crippen LogP) is 8.67. The van der Waals surface area contributed by atoms with Crippen molar-refractivity contribution in [3.05, 3.63) is 128 Å². The lowest BCUT2D eigenvalue weighted by atomic mass is 10.1. The fourth-order valence-corrected chi connectivity index (χ4v) is 5.00. The Kier molecular flexibility index (Phi) is 13.4. The molecular formula is C34H25Cl2F8N5O5. The van der Waals surface area contributed by atoms with E-state index in [9.17, 15) is 49.5 Å². The largest absolute Gasteiger partial charge is 0.465 e. The molecule has 0 fully saturated rings. The summed E-state index contributed by atoms with van der Waals surface area (Å²) in [7, 11) is 0. The quantitative estimate of drug-likeness (QED) is 0.0853. The Bertz CT molecular complexity index is 2210. The van der Waals surface area contributed by atoms with E-state index in [0.29, 0.717) is 10.7 Å². The fraction of sp³-hybridized carbons (Fsp3) is 0.206. The van der Waals surface area contributed by atoms with Crippen LogP contribution in [-0.4, -0.2) is 43.2 Å². The highest BCUT2D eigenvalue weighted by molar-refractivity contribution is 6.32. The molecular weight excluding hydrogens is 781 g/mol. The first-order chi connectivity index (χ1) is 25.4. The van der Waals surface area contributed by atoms with Crippen molar-refractivity contribution in [2.45, 2.75) is 38.4 Å². The molecule has 2 aromatic heterocycles. The van der Waals surface area contributed by atoms with Gasteiger partial charge < -0.3 is 14.8 Å². The molecule has 1 amide bonds. The number of nitrogens with zero attached hydrogens (tertiary/aromatic N) is 4. The highest BCUT2D eigenvalue weighted by Gasteiger charge is 2.31. The number of benzene rings is 3. The molecule has 5 aromatic rings. The molecule has 3 aromatic carbocycles. The number of ether oxygens (including phenoxy) is 2. The number of aryl methyl sites for hydroxylation is 1. The lowest BCUT2D eigenvalue weighted by molar-refractivity contribution is -0.142. The monoisotopic (exact) mass is 805 g/mol. The smallest absolute Gasteiger partial charge is 0.416 e. The summed E-state index contributed by atoms with van der Waals surface area (Å²) in [6.07, 6.45) is -3.40. The maximum Gasteiger partial charge on any atom is 0.416 e. The van der Waals surface area contributed by atoms with Crippen molar-refractivity contribution in [3.63, 3.8) is 0 Å². The molecule has 0 aliphatic carbocycles. The summed E-state index contributed by atoms with van der Waals surface area (Å²) in [5.41, 5.74) is -2.72. The zero-order chi connectivity index (χ0) is 39.9. The lowest BCUT2D eigenvalue weighted by Gasteiger charge is -2.12. The number of alkyl halides is 6. The Morgan fingerprint density at radius 2 is 1.70 bits per heavy atom. The Labute approximate surface area is 309 Å². The fourth-order valence-electron chi connectivity index (χ4n) is 4.54. The number of esters is 1. The van der Waals surface area contributed by atoms with Gasteiger partial charge in [0.2, 0.25) is 5.88 Å². The molecule has 2 heterocycles. The van der Waals surface area contributed by atoms with Crippen LogP contribution in [0, 0.1) is 24.4 Å². The van der Waals surface area contributed by atoms with Crippen molar-refractivity contribution >= 4 is 40.8 Å². The van der Waals surface area contributed by atoms with Crippen molar-refractivity contribution in [2.24, 2.45) is 0 Å². The first kappa shape index (κ1) is 41.3. The maximum absolute atomic E-state index is 14.2. The first-order valence-corrected chi connectivity index (χ1v) is 16.0. The first-order valence-electron chi connectivity index (χ1n) is 15.2. The molecule has 1 N–H and O–H groups in total. The highest BCUT2D eigenvalue weighted by Crippen LogP contribution is 2.33. The molecule has 0 aliphatic heterocycles. The van der Waals surface area contributed by atoms with E-state index < -0.39 is 58.7 Å². The minimum absolute atomic E-state index is 0.0424. The molecule has 1 atom stereocenters. The maximum atomic E-state index is 14.2. The van der Waals surface area contributed by atoms with Crippen LogP contribution in [-0.2, 0) is 22.1 Å². The number of carbonyl (C=O) groups is 2. The summed E-state index contributed by atoms with van der Waals surface area (Å²) in [4.78, 5) is 40.0. The van der Waals surface area contributed by atoms with Gasteiger partial charge in [-0.15, -0.1) is 16.7 Å². The third-order valence-corrected chi connectivity index (χ3v) is 7.72. The number of nitrogens with one attached hydrogen (secondary N) is 1. The molecule has 0 aliphatic rings. The van der Waals surface area contributed by atoms with E-state index in [0.717, 1.165) is 42.5 Å². The topological polar surface area (TPSA) is 117 Å². The molecule has 0 bridgehead atoms. The van der Waals surface area contributed by atoms with Crippen LogP contribution >= 0.6 is 23.2 Å². The van der Waals surface area contributed by atoms with Gasteiger partial charge in [-0.1, -0.05) is 17.7 Å². The van der Waals surface area contributed by atoms with Crippen molar-refractivity contribution in [1.29, 1.82) is 0 Å². The van der Waals surface area contributed by atoms with E-state index in [1.165, 1.54) is 31.3 Å². The van der Waals surface area contributed by atoms with Gasteiger partial charge in [0.15, 0.2) is 5.82 Å². The molecule has 0 radical (unpaired) electrons. The van der Waals surface area contributed by atoms with E-state index in [4.69, 9.17) is 32.7 Å². The molecule has 5 rings (SSSR count). The SMILES string of the molecule is CCOC(=O)C(Cl)Cc1cc(-n2nc(C)n(C(F)F)c2=O)c(F)cc1Cl.O=C(Nc1ccc(F)cc1F)c1cccnc1Oc1cccc(C(F)(F)F)c1. The number of aromatic nitrogens is 4. The number of amides is 1. The van der Waals surface area contributed by atoms with Gasteiger partial charge in [0.25, 0.3) is 5.91 Å². The average molecular weight is 806 g/mol. The van der Waals surface area contributed by atoms with Crippen LogP contribution in [0.25, 0.3) is 5.69 Å². The van der Waals surface area contributed by atoms with Crippen LogP contribution in [0.1, 0.15) is 40.8 Å². The van der Waals surface area contributed by atoms with E-state index >= 15 is 0 Å². The van der Waals surface area contributed by atoms with Gasteiger partial charge in [0.1, 0.15) is 39.8 Å². The molecule has 0 spiro atoms. The third-order valence-electron chi connectivity index (χ3n) is 7.03. The summed E-state index contributed by atoms with van der Waals surface area (Å²) in [6.45, 7) is -0.195. The number of anilines is 1. The number of hydrogen-bond donors (Lipinski definition) is 1. The van der Waals surface area contributed by atoms with Crippen LogP contribution < -0.4 is 15.7 Å². The van der Waals surface area contributed by atoms with Crippen molar-refractivity contribution < 1.29 is 54.2 Å². The second-order valence-corrected chi connectivity index (χ2v) is 11.7. The van der Waals surface area contributed by atoms with Crippen molar-refractivity contribution in [3.8, 4) is 17.3 Å². The molecule has 1 unspecified atom stereocenters. The number of pyridine rings is 1. The molecule has 0 saturated carbocycles. The van der Waals surface area contributed by atoms with Crippen LogP contribution in [0.4, 0.5) is 40.8 Å². The van der Waals surface area contributed by atoms with Gasteiger partial charge in [-0.2, -0.15) is 26.6 Å². The van der Waals surface area contributed by atoms with Crippen molar-refractivity contribution in [2.75, 3.05) is 11.9 Å². The van der Waals surface area contributed by atoms with Crippen LogP contribution in [0.15, 0.2) is 77.7 Å². The number of hydrogen-bond acceptors (Lipinski definition) is 7. The van der Waals surface area contributed by atoms with E-state index in [-0.39, 0.29) is 62.6 Å². The van der Waals surface area contributed by atoms with Gasteiger partial charge >= 0.3 is 24.4 Å². The Balaban J connectivity index is 0.000000241. The van der Waals surface area contributed by atoms with Gasteiger partial charge in [-0.25, -0.2) is 27.5 Å². The van der Waals surface area contributed by atoms with Crippen LogP contribution in [0.5, 0.6) is 11.6 Å². The Morgan fingerprint density at radius 1 is 0.981 bits per heavy atom. The summed E-state index contributed by atoms with van der Waals surface area (Å²) in [5, 5.41) is 4.75. The van der Waals surface area contributed by atoms with Crippen molar-refractivity contribution in [1.82, 2.24) is 19.3 Å². The minimum Gasteiger partial charge on any atom is -0.465 e. The van der Waals surface area contributed by atoms with E-state index in [2.05, 4.69) is 15.4 Å². The number of rotatable bonds is 10. The number of carbonyl (C=O) groups excluding carboxylic acids is 2. The molecule has 20 heteroatoms. The Morgan fingerprint density at radius 3 is 2.33 bits per heavy atom. The van der Waals surface area contributed by atoms with Gasteiger partial charge in [0, 0.05) is 23.7 Å². The summed E-state index contributed by atoms with van der Waals surface area (Å²) in [6, 6.07) is 11.4. The average Bonchev–Trinajstić information content (AvgIpc) is 3.40. The summed E-state index contributed by atoms with van der Waals surface area (Å²) < 4.78 is 116. The zero-order valence-corrected chi connectivity index (χ0v) is 29.1. The zero-order valence-electron chi connectivity index (χ0n) is 27.6. The second-order valence-electron chi connectivity index (χ2n) is 10.8. The summed E-state index contributed by atoms with van der Waals surface area (Å²) >= 11 is 11.9. The molecule has 54 heavy (non-hydrogen) atoms. The standard InChI is InChI=1S/C19H11F5N2O2.C15H14Cl2F3N3O3/c20-12-6-7-16(15(21)10-12)26-17(27)14-5-2-8-25-18(14)28-13-4-1-3-11(9-13)19(22,23)24;1-3-26-13(24)10(17)4-8-5-12(11(18)6-9(8)16)23-15(25)22(14(19)20)7(2)21-23/h1-10H,(H,26,27);5-6,10,14H,3-4H2,1-2H3. The molecule has 0 saturated heterocycles. The molecule has 286 valence electrons. The van der Waals surface area contributed by atoms with E-state index in [1.54, 1.807) is 6.92 Å². The van der Waals surface area contributed by atoms with Crippen LogP contribution in [0.3, 0.4) is 0 Å². The Hall–Kier alpha value is -5.49. The van der Waals surface area contributed by atoms with Gasteiger partial charge in [-0.05, 0) is 74.0 Å². The highest BCUT2D eigenvalue weighted by atomic mass is 35.5. The second kappa shape index (κ2) is 17.6. The third kappa shape index (κ3) is 10.1. The molecule has 10 nitrogen and oxygen atoms in total. The predicted molar refractivity (Wildman–Crippen MR) is 179 cm³/mol. The normalized spacial score (nSPS) is 11.8.